The van der Waals surface area contributed by atoms with Gasteiger partial charge in [-0.05, 0) is 30.4 Å². The van der Waals surface area contributed by atoms with Crippen molar-refractivity contribution in [3.05, 3.63) is 36.0 Å². The number of hydrogen-bond acceptors (Lipinski definition) is 3. The SMILES string of the molecule is CC(C(=O)NC(Cc1c[nH]c2ccccc12)C(=O)N1CCOCC1)C1CCCC1. The lowest BCUT2D eigenvalue weighted by molar-refractivity contribution is -0.140. The minimum absolute atomic E-state index is 0.00310. The first-order valence-corrected chi connectivity index (χ1v) is 10.9. The van der Waals surface area contributed by atoms with Gasteiger partial charge in [-0.15, -0.1) is 0 Å². The molecule has 1 aliphatic carbocycles. The van der Waals surface area contributed by atoms with Crippen LogP contribution in [0.2, 0.25) is 0 Å². The van der Waals surface area contributed by atoms with Crippen molar-refractivity contribution in [2.75, 3.05) is 26.3 Å². The van der Waals surface area contributed by atoms with E-state index in [-0.39, 0.29) is 17.7 Å². The lowest BCUT2D eigenvalue weighted by atomic mass is 9.91. The molecule has 2 aliphatic rings. The molecule has 6 heteroatoms. The van der Waals surface area contributed by atoms with Crippen LogP contribution in [0.1, 0.15) is 38.2 Å². The van der Waals surface area contributed by atoms with Gasteiger partial charge in [0.1, 0.15) is 6.04 Å². The van der Waals surface area contributed by atoms with Crippen molar-refractivity contribution >= 4 is 22.7 Å². The summed E-state index contributed by atoms with van der Waals surface area (Å²) < 4.78 is 5.39. The fourth-order valence-corrected chi connectivity index (χ4v) is 4.70. The lowest BCUT2D eigenvalue weighted by Crippen LogP contribution is -2.53. The van der Waals surface area contributed by atoms with Gasteiger partial charge in [0.2, 0.25) is 11.8 Å². The van der Waals surface area contributed by atoms with Gasteiger partial charge in [0, 0.05) is 42.5 Å². The number of carbonyl (C=O) groups excluding carboxylic acids is 2. The first-order valence-electron chi connectivity index (χ1n) is 10.9. The Morgan fingerprint density at radius 1 is 1.21 bits per heavy atom. The number of aromatic nitrogens is 1. The normalized spacial score (nSPS) is 20.0. The number of benzene rings is 1. The van der Waals surface area contributed by atoms with E-state index in [1.165, 1.54) is 12.8 Å². The van der Waals surface area contributed by atoms with Crippen LogP contribution in [0.25, 0.3) is 10.9 Å². The van der Waals surface area contributed by atoms with Gasteiger partial charge < -0.3 is 19.9 Å². The molecule has 2 fully saturated rings. The Hall–Kier alpha value is -2.34. The van der Waals surface area contributed by atoms with Crippen LogP contribution in [0.5, 0.6) is 0 Å². The van der Waals surface area contributed by atoms with E-state index in [4.69, 9.17) is 4.74 Å². The maximum absolute atomic E-state index is 13.3. The Labute approximate surface area is 172 Å². The second-order valence-electron chi connectivity index (χ2n) is 8.40. The lowest BCUT2D eigenvalue weighted by Gasteiger charge is -2.31. The smallest absolute Gasteiger partial charge is 0.245 e. The van der Waals surface area contributed by atoms with Gasteiger partial charge in [-0.2, -0.15) is 0 Å². The minimum atomic E-state index is -0.552. The molecule has 2 N–H and O–H groups in total. The standard InChI is InChI=1S/C23H31N3O3/c1-16(17-6-2-3-7-17)22(27)25-21(23(28)26-10-12-29-13-11-26)14-18-15-24-20-9-5-4-8-19(18)20/h4-5,8-9,15-17,21,24H,2-3,6-7,10-14H2,1H3,(H,25,27). The number of nitrogens with zero attached hydrogens (tertiary/aromatic N) is 1. The van der Waals surface area contributed by atoms with Crippen LogP contribution >= 0.6 is 0 Å². The molecule has 1 aromatic heterocycles. The van der Waals surface area contributed by atoms with Gasteiger partial charge in [-0.25, -0.2) is 0 Å². The highest BCUT2D eigenvalue weighted by Gasteiger charge is 2.32. The molecule has 2 aromatic rings. The summed E-state index contributed by atoms with van der Waals surface area (Å²) >= 11 is 0. The van der Waals surface area contributed by atoms with Gasteiger partial charge in [0.05, 0.1) is 13.2 Å². The van der Waals surface area contributed by atoms with Crippen LogP contribution in [-0.4, -0.2) is 54.0 Å². The summed E-state index contributed by atoms with van der Waals surface area (Å²) in [4.78, 5) is 31.4. The van der Waals surface area contributed by atoms with Crippen LogP contribution in [-0.2, 0) is 20.7 Å². The molecule has 1 saturated heterocycles. The van der Waals surface area contributed by atoms with E-state index in [9.17, 15) is 9.59 Å². The second kappa shape index (κ2) is 8.99. The molecule has 2 amide bonds. The Morgan fingerprint density at radius 2 is 1.93 bits per heavy atom. The number of ether oxygens (including phenoxy) is 1. The van der Waals surface area contributed by atoms with E-state index in [0.717, 1.165) is 29.3 Å². The summed E-state index contributed by atoms with van der Waals surface area (Å²) in [5, 5.41) is 4.21. The average Bonchev–Trinajstić information content (AvgIpc) is 3.43. The number of H-pyrrole nitrogens is 1. The predicted octanol–water partition coefficient (Wildman–Crippen LogP) is 2.88. The topological polar surface area (TPSA) is 74.4 Å². The van der Waals surface area contributed by atoms with Gasteiger partial charge in [-0.1, -0.05) is 38.0 Å². The molecule has 1 aliphatic heterocycles. The summed E-state index contributed by atoms with van der Waals surface area (Å²) in [6.45, 7) is 4.28. The maximum Gasteiger partial charge on any atom is 0.245 e. The summed E-state index contributed by atoms with van der Waals surface area (Å²) in [5.41, 5.74) is 2.10. The van der Waals surface area contributed by atoms with Crippen LogP contribution in [0.4, 0.5) is 0 Å². The Kier molecular flexibility index (Phi) is 6.19. The highest BCUT2D eigenvalue weighted by molar-refractivity contribution is 5.90. The fraction of sp³-hybridized carbons (Fsp3) is 0.565. The summed E-state index contributed by atoms with van der Waals surface area (Å²) in [5.74, 6) is 0.372. The largest absolute Gasteiger partial charge is 0.378 e. The molecule has 6 nitrogen and oxygen atoms in total. The molecule has 156 valence electrons. The van der Waals surface area contributed by atoms with Crippen molar-refractivity contribution < 1.29 is 14.3 Å². The Balaban J connectivity index is 1.53. The third-order valence-electron chi connectivity index (χ3n) is 6.56. The molecule has 2 atom stereocenters. The summed E-state index contributed by atoms with van der Waals surface area (Å²) in [6, 6.07) is 7.52. The van der Waals surface area contributed by atoms with Crippen LogP contribution in [0.15, 0.2) is 30.5 Å². The van der Waals surface area contributed by atoms with Crippen molar-refractivity contribution in [1.29, 1.82) is 0 Å². The van der Waals surface area contributed by atoms with Crippen LogP contribution in [0, 0.1) is 11.8 Å². The van der Waals surface area contributed by atoms with Crippen molar-refractivity contribution in [3.63, 3.8) is 0 Å². The molecule has 2 heterocycles. The third-order valence-corrected chi connectivity index (χ3v) is 6.56. The van der Waals surface area contributed by atoms with Crippen LogP contribution < -0.4 is 5.32 Å². The molecule has 1 saturated carbocycles. The minimum Gasteiger partial charge on any atom is -0.378 e. The maximum atomic E-state index is 13.3. The zero-order chi connectivity index (χ0) is 20.2. The molecule has 1 aromatic carbocycles. The van der Waals surface area contributed by atoms with Crippen molar-refractivity contribution in [2.45, 2.75) is 45.1 Å². The molecule has 0 spiro atoms. The van der Waals surface area contributed by atoms with Gasteiger partial charge in [0.25, 0.3) is 0 Å². The van der Waals surface area contributed by atoms with Gasteiger partial charge in [-0.3, -0.25) is 9.59 Å². The number of morpholine rings is 1. The molecular weight excluding hydrogens is 366 g/mol. The van der Waals surface area contributed by atoms with Crippen LogP contribution in [0.3, 0.4) is 0 Å². The molecule has 4 rings (SSSR count). The first kappa shape index (κ1) is 20.0. The number of nitrogens with one attached hydrogen (secondary N) is 2. The van der Waals surface area contributed by atoms with E-state index in [2.05, 4.69) is 16.4 Å². The number of fused-ring (bicyclic) bond motifs is 1. The monoisotopic (exact) mass is 397 g/mol. The van der Waals surface area contributed by atoms with E-state index in [1.807, 2.05) is 36.2 Å². The Morgan fingerprint density at radius 3 is 2.69 bits per heavy atom. The van der Waals surface area contributed by atoms with Gasteiger partial charge in [0.15, 0.2) is 0 Å². The Bertz CT molecular complexity index is 850. The average molecular weight is 398 g/mol. The zero-order valence-electron chi connectivity index (χ0n) is 17.2. The first-order chi connectivity index (χ1) is 14.1. The third kappa shape index (κ3) is 4.47. The number of hydrogen-bond donors (Lipinski definition) is 2. The molecule has 0 radical (unpaired) electrons. The van der Waals surface area contributed by atoms with Gasteiger partial charge >= 0.3 is 0 Å². The summed E-state index contributed by atoms with van der Waals surface area (Å²) in [7, 11) is 0. The number of aromatic amines is 1. The number of amides is 2. The predicted molar refractivity (Wildman–Crippen MR) is 112 cm³/mol. The number of carbonyl (C=O) groups is 2. The molecule has 2 unspecified atom stereocenters. The quantitative estimate of drug-likeness (QED) is 0.787. The number of rotatable bonds is 6. The summed E-state index contributed by atoms with van der Waals surface area (Å²) in [6.07, 6.45) is 7.07. The van der Waals surface area contributed by atoms with Crippen molar-refractivity contribution in [2.24, 2.45) is 11.8 Å². The van der Waals surface area contributed by atoms with Crippen molar-refractivity contribution in [3.8, 4) is 0 Å². The number of para-hydroxylation sites is 1. The highest BCUT2D eigenvalue weighted by atomic mass is 16.5. The van der Waals surface area contributed by atoms with E-state index in [0.29, 0.717) is 38.6 Å². The second-order valence-corrected chi connectivity index (χ2v) is 8.40. The fourth-order valence-electron chi connectivity index (χ4n) is 4.70. The zero-order valence-corrected chi connectivity index (χ0v) is 17.2. The van der Waals surface area contributed by atoms with E-state index >= 15 is 0 Å². The van der Waals surface area contributed by atoms with Crippen molar-refractivity contribution in [1.82, 2.24) is 15.2 Å². The highest BCUT2D eigenvalue weighted by Crippen LogP contribution is 2.31. The molecule has 0 bridgehead atoms. The molecular formula is C23H31N3O3. The van der Waals surface area contributed by atoms with E-state index in [1.54, 1.807) is 0 Å². The van der Waals surface area contributed by atoms with E-state index < -0.39 is 6.04 Å². The molecule has 29 heavy (non-hydrogen) atoms.